The summed E-state index contributed by atoms with van der Waals surface area (Å²) in [6, 6.07) is 7.75. The van der Waals surface area contributed by atoms with Crippen LogP contribution in [0.3, 0.4) is 0 Å². The highest BCUT2D eigenvalue weighted by Gasteiger charge is 2.19. The number of halogens is 2. The van der Waals surface area contributed by atoms with Crippen LogP contribution in [0.5, 0.6) is 0 Å². The van der Waals surface area contributed by atoms with Crippen LogP contribution in [0.2, 0.25) is 0 Å². The van der Waals surface area contributed by atoms with Crippen LogP contribution in [0.25, 0.3) is 0 Å². The molecule has 0 aliphatic carbocycles. The van der Waals surface area contributed by atoms with Crippen molar-refractivity contribution in [2.45, 2.75) is 11.8 Å². The minimum absolute atomic E-state index is 0.00483. The third-order valence-electron chi connectivity index (χ3n) is 2.79. The van der Waals surface area contributed by atoms with Gasteiger partial charge in [-0.25, -0.2) is 17.2 Å². The van der Waals surface area contributed by atoms with Gasteiger partial charge in [-0.3, -0.25) is 9.52 Å². The zero-order chi connectivity index (χ0) is 15.6. The second kappa shape index (κ2) is 5.61. The van der Waals surface area contributed by atoms with E-state index >= 15 is 0 Å². The van der Waals surface area contributed by atoms with Gasteiger partial charge >= 0.3 is 0 Å². The minimum Gasteiger partial charge on any atom is -0.298 e. The summed E-state index contributed by atoms with van der Waals surface area (Å²) in [7, 11) is -4.02. The largest absolute Gasteiger partial charge is 0.298 e. The van der Waals surface area contributed by atoms with Crippen LogP contribution in [0.15, 0.2) is 41.3 Å². The normalized spacial score (nSPS) is 11.2. The number of aryl methyl sites for hydroxylation is 1. The molecule has 1 N–H and O–H groups in total. The van der Waals surface area contributed by atoms with Crippen molar-refractivity contribution in [2.24, 2.45) is 0 Å². The first kappa shape index (κ1) is 15.1. The number of carbonyl (C=O) groups excluding carboxylic acids is 1. The van der Waals surface area contributed by atoms with E-state index in [1.807, 2.05) is 4.72 Å². The average molecular weight is 311 g/mol. The van der Waals surface area contributed by atoms with Crippen molar-refractivity contribution in [2.75, 3.05) is 4.72 Å². The van der Waals surface area contributed by atoms with Gasteiger partial charge in [0.05, 0.1) is 16.1 Å². The van der Waals surface area contributed by atoms with Crippen molar-refractivity contribution < 1.29 is 22.0 Å². The summed E-state index contributed by atoms with van der Waals surface area (Å²) in [5.41, 5.74) is -0.592. The van der Waals surface area contributed by atoms with Crippen LogP contribution in [0, 0.1) is 18.6 Å². The van der Waals surface area contributed by atoms with Gasteiger partial charge in [-0.1, -0.05) is 12.1 Å². The number of rotatable bonds is 4. The topological polar surface area (TPSA) is 63.2 Å². The molecule has 110 valence electrons. The van der Waals surface area contributed by atoms with Crippen LogP contribution in [0.1, 0.15) is 15.9 Å². The Morgan fingerprint density at radius 3 is 2.48 bits per heavy atom. The standard InChI is InChI=1S/C14H11F2NO3S/c1-9-3-2-4-10(7-9)21(19,20)17-13-6-5-12(15)11(8-18)14(13)16/h2-8,17H,1H3. The van der Waals surface area contributed by atoms with Gasteiger partial charge in [0.1, 0.15) is 5.82 Å². The molecule has 4 nitrogen and oxygen atoms in total. The minimum atomic E-state index is -4.02. The van der Waals surface area contributed by atoms with Crippen molar-refractivity contribution in [3.8, 4) is 0 Å². The maximum atomic E-state index is 13.9. The lowest BCUT2D eigenvalue weighted by molar-refractivity contribution is 0.111. The average Bonchev–Trinajstić information content (AvgIpc) is 2.43. The van der Waals surface area contributed by atoms with Crippen molar-refractivity contribution >= 4 is 22.0 Å². The van der Waals surface area contributed by atoms with Gasteiger partial charge in [-0.2, -0.15) is 0 Å². The Labute approximate surface area is 120 Å². The lowest BCUT2D eigenvalue weighted by Crippen LogP contribution is -2.15. The number of anilines is 1. The first-order chi connectivity index (χ1) is 9.85. The van der Waals surface area contributed by atoms with E-state index in [2.05, 4.69) is 0 Å². The number of sulfonamides is 1. The molecule has 2 aromatic carbocycles. The molecule has 0 spiro atoms. The van der Waals surface area contributed by atoms with Crippen LogP contribution >= 0.6 is 0 Å². The number of benzene rings is 2. The summed E-state index contributed by atoms with van der Waals surface area (Å²) in [5.74, 6) is -2.30. The SMILES string of the molecule is Cc1cccc(S(=O)(=O)Nc2ccc(F)c(C=O)c2F)c1. The zero-order valence-electron chi connectivity index (χ0n) is 10.9. The molecule has 2 aromatic rings. The molecular formula is C14H11F2NO3S. The molecule has 0 saturated carbocycles. The van der Waals surface area contributed by atoms with E-state index in [1.54, 1.807) is 19.1 Å². The number of hydrogen-bond donors (Lipinski definition) is 1. The molecule has 0 saturated heterocycles. The Morgan fingerprint density at radius 1 is 1.14 bits per heavy atom. The molecule has 0 fully saturated rings. The quantitative estimate of drug-likeness (QED) is 0.883. The first-order valence-electron chi connectivity index (χ1n) is 5.88. The molecule has 0 heterocycles. The molecule has 0 amide bonds. The van der Waals surface area contributed by atoms with E-state index in [9.17, 15) is 22.0 Å². The van der Waals surface area contributed by atoms with Gasteiger partial charge < -0.3 is 0 Å². The Hall–Kier alpha value is -2.28. The molecule has 0 aromatic heterocycles. The second-order valence-electron chi connectivity index (χ2n) is 4.36. The van der Waals surface area contributed by atoms with E-state index in [4.69, 9.17) is 0 Å². The van der Waals surface area contributed by atoms with E-state index in [0.717, 1.165) is 12.1 Å². The summed E-state index contributed by atoms with van der Waals surface area (Å²) >= 11 is 0. The molecular weight excluding hydrogens is 300 g/mol. The van der Waals surface area contributed by atoms with Crippen molar-refractivity contribution in [1.82, 2.24) is 0 Å². The molecule has 0 atom stereocenters. The van der Waals surface area contributed by atoms with E-state index in [0.29, 0.717) is 5.56 Å². The molecule has 0 radical (unpaired) electrons. The number of carbonyl (C=O) groups is 1. The fourth-order valence-electron chi connectivity index (χ4n) is 1.74. The number of nitrogens with one attached hydrogen (secondary N) is 1. The Bertz CT molecular complexity index is 804. The Balaban J connectivity index is 2.44. The fraction of sp³-hybridized carbons (Fsp3) is 0.0714. The molecule has 0 aliphatic heterocycles. The molecule has 0 bridgehead atoms. The summed E-state index contributed by atoms with van der Waals surface area (Å²) < 4.78 is 53.3. The van der Waals surface area contributed by atoms with Gasteiger partial charge in [0, 0.05) is 0 Å². The lowest BCUT2D eigenvalue weighted by atomic mass is 10.2. The fourth-order valence-corrected chi connectivity index (χ4v) is 2.91. The molecule has 0 unspecified atom stereocenters. The van der Waals surface area contributed by atoms with Crippen molar-refractivity contribution in [3.05, 3.63) is 59.2 Å². The van der Waals surface area contributed by atoms with Gasteiger partial charge in [0.2, 0.25) is 0 Å². The van der Waals surface area contributed by atoms with Crippen LogP contribution in [-0.2, 0) is 10.0 Å². The third-order valence-corrected chi connectivity index (χ3v) is 4.15. The molecule has 2 rings (SSSR count). The highest BCUT2D eigenvalue weighted by molar-refractivity contribution is 7.92. The highest BCUT2D eigenvalue weighted by Crippen LogP contribution is 2.23. The smallest absolute Gasteiger partial charge is 0.261 e. The molecule has 7 heteroatoms. The van der Waals surface area contributed by atoms with Crippen molar-refractivity contribution in [3.63, 3.8) is 0 Å². The lowest BCUT2D eigenvalue weighted by Gasteiger charge is -2.10. The summed E-state index contributed by atoms with van der Waals surface area (Å²) in [4.78, 5) is 10.6. The number of aldehydes is 1. The number of hydrogen-bond acceptors (Lipinski definition) is 3. The maximum Gasteiger partial charge on any atom is 0.261 e. The molecule has 21 heavy (non-hydrogen) atoms. The van der Waals surface area contributed by atoms with Gasteiger partial charge in [0.25, 0.3) is 10.0 Å². The summed E-state index contributed by atoms with van der Waals surface area (Å²) in [6.45, 7) is 1.71. The predicted molar refractivity (Wildman–Crippen MR) is 73.7 cm³/mol. The van der Waals surface area contributed by atoms with Crippen LogP contribution in [0.4, 0.5) is 14.5 Å². The Kier molecular flexibility index (Phi) is 4.04. The monoisotopic (exact) mass is 311 g/mol. The second-order valence-corrected chi connectivity index (χ2v) is 6.04. The predicted octanol–water partition coefficient (Wildman–Crippen LogP) is 2.89. The summed E-state index contributed by atoms with van der Waals surface area (Å²) in [6.07, 6.45) is -0.00483. The van der Waals surface area contributed by atoms with Crippen LogP contribution < -0.4 is 4.72 Å². The van der Waals surface area contributed by atoms with Gasteiger partial charge in [0.15, 0.2) is 12.1 Å². The third kappa shape index (κ3) is 3.08. The van der Waals surface area contributed by atoms with Crippen LogP contribution in [-0.4, -0.2) is 14.7 Å². The van der Waals surface area contributed by atoms with E-state index < -0.39 is 32.9 Å². The maximum absolute atomic E-state index is 13.9. The summed E-state index contributed by atoms with van der Waals surface area (Å²) in [5, 5.41) is 0. The van der Waals surface area contributed by atoms with Gasteiger partial charge in [-0.05, 0) is 36.8 Å². The highest BCUT2D eigenvalue weighted by atomic mass is 32.2. The first-order valence-corrected chi connectivity index (χ1v) is 7.36. The van der Waals surface area contributed by atoms with E-state index in [-0.39, 0.29) is 11.2 Å². The van der Waals surface area contributed by atoms with E-state index in [1.165, 1.54) is 12.1 Å². The zero-order valence-corrected chi connectivity index (χ0v) is 11.7. The Morgan fingerprint density at radius 2 is 1.86 bits per heavy atom. The van der Waals surface area contributed by atoms with Crippen molar-refractivity contribution in [1.29, 1.82) is 0 Å². The molecule has 0 aliphatic rings. The van der Waals surface area contributed by atoms with Gasteiger partial charge in [-0.15, -0.1) is 0 Å².